The molecule has 0 unspecified atom stereocenters. The first-order chi connectivity index (χ1) is 5.80. The summed E-state index contributed by atoms with van der Waals surface area (Å²) in [4.78, 5) is 0. The highest BCUT2D eigenvalue weighted by molar-refractivity contribution is 5.36. The van der Waals surface area contributed by atoms with Gasteiger partial charge < -0.3 is 4.74 Å². The van der Waals surface area contributed by atoms with E-state index in [4.69, 9.17) is 4.74 Å². The molecule has 0 aliphatic carbocycles. The third kappa shape index (κ3) is 1.88. The number of benzene rings is 1. The SMILES string of the molecule is C=[C]c1cc(CC)cc(OC)c1. The van der Waals surface area contributed by atoms with E-state index in [1.54, 1.807) is 7.11 Å². The van der Waals surface area contributed by atoms with Gasteiger partial charge in [0.2, 0.25) is 0 Å². The summed E-state index contributed by atoms with van der Waals surface area (Å²) in [6.45, 7) is 5.71. The molecule has 63 valence electrons. The second-order valence-corrected chi connectivity index (χ2v) is 2.60. The molecule has 12 heavy (non-hydrogen) atoms. The van der Waals surface area contributed by atoms with Gasteiger partial charge in [-0.2, -0.15) is 0 Å². The first-order valence-electron chi connectivity index (χ1n) is 4.01. The smallest absolute Gasteiger partial charge is 0.119 e. The summed E-state index contributed by atoms with van der Waals surface area (Å²) in [6.07, 6.45) is 3.85. The van der Waals surface area contributed by atoms with Gasteiger partial charge in [-0.25, -0.2) is 0 Å². The lowest BCUT2D eigenvalue weighted by Gasteiger charge is -2.04. The molecule has 0 aliphatic heterocycles. The Labute approximate surface area is 73.7 Å². The van der Waals surface area contributed by atoms with Gasteiger partial charge in [0.1, 0.15) is 5.75 Å². The maximum atomic E-state index is 5.13. The fraction of sp³-hybridized carbons (Fsp3) is 0.273. The molecule has 1 radical (unpaired) electrons. The summed E-state index contributed by atoms with van der Waals surface area (Å²) in [5.74, 6) is 0.875. The zero-order chi connectivity index (χ0) is 8.97. The molecular formula is C11H13O. The number of aryl methyl sites for hydroxylation is 1. The Morgan fingerprint density at radius 3 is 2.67 bits per heavy atom. The van der Waals surface area contributed by atoms with Crippen molar-refractivity contribution in [3.05, 3.63) is 42.0 Å². The zero-order valence-corrected chi connectivity index (χ0v) is 7.55. The average Bonchev–Trinajstić information content (AvgIpc) is 2.16. The van der Waals surface area contributed by atoms with Gasteiger partial charge in [0.05, 0.1) is 7.11 Å². The van der Waals surface area contributed by atoms with Gasteiger partial charge in [0.15, 0.2) is 0 Å². The van der Waals surface area contributed by atoms with Crippen LogP contribution in [0.1, 0.15) is 18.1 Å². The molecule has 0 N–H and O–H groups in total. The standard InChI is InChI=1S/C11H13O/c1-4-9-6-10(5-2)8-11(7-9)12-3/h6-8H,1,5H2,2-3H3. The molecule has 0 saturated heterocycles. The van der Waals surface area contributed by atoms with E-state index in [0.29, 0.717) is 0 Å². The molecule has 0 spiro atoms. The van der Waals surface area contributed by atoms with Gasteiger partial charge in [0.25, 0.3) is 0 Å². The van der Waals surface area contributed by atoms with E-state index in [1.807, 2.05) is 12.1 Å². The lowest BCUT2D eigenvalue weighted by Crippen LogP contribution is -1.88. The van der Waals surface area contributed by atoms with Crippen LogP contribution in [0, 0.1) is 6.08 Å². The monoisotopic (exact) mass is 161 g/mol. The Hall–Kier alpha value is -1.24. The summed E-state index contributed by atoms with van der Waals surface area (Å²) in [5.41, 5.74) is 2.24. The van der Waals surface area contributed by atoms with Crippen molar-refractivity contribution in [3.63, 3.8) is 0 Å². The minimum absolute atomic E-state index is 0.875. The van der Waals surface area contributed by atoms with Crippen molar-refractivity contribution in [2.24, 2.45) is 0 Å². The topological polar surface area (TPSA) is 9.23 Å². The van der Waals surface area contributed by atoms with E-state index < -0.39 is 0 Å². The molecule has 0 aromatic heterocycles. The number of ether oxygens (including phenoxy) is 1. The van der Waals surface area contributed by atoms with E-state index in [1.165, 1.54) is 5.56 Å². The molecule has 0 atom stereocenters. The molecule has 0 bridgehead atoms. The van der Waals surface area contributed by atoms with Crippen molar-refractivity contribution >= 4 is 0 Å². The number of rotatable bonds is 3. The van der Waals surface area contributed by atoms with Crippen molar-refractivity contribution in [1.82, 2.24) is 0 Å². The molecule has 0 saturated carbocycles. The molecule has 0 amide bonds. The number of methoxy groups -OCH3 is 1. The highest BCUT2D eigenvalue weighted by atomic mass is 16.5. The summed E-state index contributed by atoms with van der Waals surface area (Å²) < 4.78 is 5.13. The van der Waals surface area contributed by atoms with Crippen molar-refractivity contribution < 1.29 is 4.74 Å². The number of hydrogen-bond acceptors (Lipinski definition) is 1. The van der Waals surface area contributed by atoms with E-state index in [-0.39, 0.29) is 0 Å². The van der Waals surface area contributed by atoms with Crippen LogP contribution in [-0.2, 0) is 6.42 Å². The Morgan fingerprint density at radius 1 is 1.42 bits per heavy atom. The van der Waals surface area contributed by atoms with Gasteiger partial charge >= 0.3 is 0 Å². The van der Waals surface area contributed by atoms with Crippen LogP contribution in [-0.4, -0.2) is 7.11 Å². The Kier molecular flexibility index (Phi) is 2.92. The molecule has 0 heterocycles. The summed E-state index contributed by atoms with van der Waals surface area (Å²) in [5, 5.41) is 0. The van der Waals surface area contributed by atoms with Crippen LogP contribution in [0.15, 0.2) is 24.8 Å². The molecule has 1 rings (SSSR count). The fourth-order valence-electron chi connectivity index (χ4n) is 1.08. The highest BCUT2D eigenvalue weighted by Crippen LogP contribution is 2.17. The van der Waals surface area contributed by atoms with Crippen LogP contribution in [0.2, 0.25) is 0 Å². The van der Waals surface area contributed by atoms with Gasteiger partial charge in [-0.15, -0.1) is 0 Å². The fourth-order valence-corrected chi connectivity index (χ4v) is 1.08. The zero-order valence-electron chi connectivity index (χ0n) is 7.55. The quantitative estimate of drug-likeness (QED) is 0.662. The van der Waals surface area contributed by atoms with Crippen molar-refractivity contribution in [2.75, 3.05) is 7.11 Å². The second-order valence-electron chi connectivity index (χ2n) is 2.60. The van der Waals surface area contributed by atoms with Gasteiger partial charge in [-0.1, -0.05) is 19.6 Å². The predicted molar refractivity (Wildman–Crippen MR) is 50.3 cm³/mol. The Morgan fingerprint density at radius 2 is 2.17 bits per heavy atom. The minimum atomic E-state index is 0.875. The Balaban J connectivity index is 3.09. The van der Waals surface area contributed by atoms with Crippen LogP contribution in [0.3, 0.4) is 0 Å². The summed E-state index contributed by atoms with van der Waals surface area (Å²) >= 11 is 0. The van der Waals surface area contributed by atoms with Gasteiger partial charge in [-0.05, 0) is 35.8 Å². The summed E-state index contributed by atoms with van der Waals surface area (Å²) in [7, 11) is 1.67. The van der Waals surface area contributed by atoms with Gasteiger partial charge in [0, 0.05) is 0 Å². The van der Waals surface area contributed by atoms with Crippen LogP contribution < -0.4 is 4.74 Å². The molecule has 1 heteroatoms. The third-order valence-electron chi connectivity index (χ3n) is 1.81. The van der Waals surface area contributed by atoms with Crippen molar-refractivity contribution in [2.45, 2.75) is 13.3 Å². The molecule has 0 aliphatic rings. The molecule has 1 nitrogen and oxygen atoms in total. The van der Waals surface area contributed by atoms with E-state index in [0.717, 1.165) is 17.7 Å². The highest BCUT2D eigenvalue weighted by Gasteiger charge is 1.96. The van der Waals surface area contributed by atoms with Crippen LogP contribution in [0.25, 0.3) is 0 Å². The maximum absolute atomic E-state index is 5.13. The first kappa shape index (κ1) is 8.85. The number of hydrogen-bond donors (Lipinski definition) is 0. The van der Waals surface area contributed by atoms with Crippen molar-refractivity contribution in [3.8, 4) is 5.75 Å². The van der Waals surface area contributed by atoms with E-state index in [9.17, 15) is 0 Å². The molecule has 1 aromatic carbocycles. The average molecular weight is 161 g/mol. The molecule has 1 aromatic rings. The summed E-state index contributed by atoms with van der Waals surface area (Å²) in [6, 6.07) is 6.02. The molecule has 0 fully saturated rings. The largest absolute Gasteiger partial charge is 0.497 e. The normalized spacial score (nSPS) is 9.50. The first-order valence-corrected chi connectivity index (χ1v) is 4.01. The van der Waals surface area contributed by atoms with Crippen LogP contribution in [0.4, 0.5) is 0 Å². The van der Waals surface area contributed by atoms with Crippen LogP contribution in [0.5, 0.6) is 5.75 Å². The lowest BCUT2D eigenvalue weighted by molar-refractivity contribution is 0.414. The van der Waals surface area contributed by atoms with Gasteiger partial charge in [-0.3, -0.25) is 0 Å². The molecular weight excluding hydrogens is 148 g/mol. The van der Waals surface area contributed by atoms with E-state index in [2.05, 4.69) is 25.6 Å². The third-order valence-corrected chi connectivity index (χ3v) is 1.81. The van der Waals surface area contributed by atoms with E-state index >= 15 is 0 Å². The van der Waals surface area contributed by atoms with Crippen LogP contribution >= 0.6 is 0 Å². The van der Waals surface area contributed by atoms with Crippen molar-refractivity contribution in [1.29, 1.82) is 0 Å². The maximum Gasteiger partial charge on any atom is 0.119 e. The minimum Gasteiger partial charge on any atom is -0.497 e. The second kappa shape index (κ2) is 3.96. The Bertz CT molecular complexity index is 254. The lowest BCUT2D eigenvalue weighted by atomic mass is 10.1. The predicted octanol–water partition coefficient (Wildman–Crippen LogP) is 2.59.